The zero-order valence-corrected chi connectivity index (χ0v) is 13.0. The molecule has 1 rings (SSSR count). The van der Waals surface area contributed by atoms with Crippen LogP contribution in [0.5, 0.6) is 0 Å². The first-order valence-corrected chi connectivity index (χ1v) is 6.67. The lowest BCUT2D eigenvalue weighted by molar-refractivity contribution is -0.384. The number of carbonyl (C=O) groups is 1. The maximum atomic E-state index is 12.1. The minimum absolute atomic E-state index is 0.139. The van der Waals surface area contributed by atoms with E-state index >= 15 is 0 Å². The Morgan fingerprint density at radius 3 is 2.58 bits per heavy atom. The molecule has 0 saturated heterocycles. The average Bonchev–Trinajstić information content (AvgIpc) is 2.28. The molecule has 0 saturated carbocycles. The van der Waals surface area contributed by atoms with Crippen molar-refractivity contribution in [1.29, 1.82) is 0 Å². The number of nitro benzene ring substituents is 1. The van der Waals surface area contributed by atoms with E-state index in [0.717, 1.165) is 0 Å². The monoisotopic (exact) mass is 378 g/mol. The van der Waals surface area contributed by atoms with Crippen molar-refractivity contribution in [3.63, 3.8) is 0 Å². The predicted octanol–water partition coefficient (Wildman–Crippen LogP) is 2.09. The molecule has 19 heavy (non-hydrogen) atoms. The Morgan fingerprint density at radius 2 is 2.11 bits per heavy atom. The van der Waals surface area contributed by atoms with Gasteiger partial charge in [0.2, 0.25) is 0 Å². The van der Waals surface area contributed by atoms with Crippen molar-refractivity contribution >= 4 is 34.2 Å². The number of rotatable bonds is 4. The molecule has 1 aromatic carbocycles. The second-order valence-corrected chi connectivity index (χ2v) is 5.94. The van der Waals surface area contributed by atoms with Crippen LogP contribution in [0, 0.1) is 13.7 Å². The molecule has 1 atom stereocenters. The van der Waals surface area contributed by atoms with Gasteiger partial charge >= 0.3 is 0 Å². The van der Waals surface area contributed by atoms with E-state index in [9.17, 15) is 20.0 Å². The number of aliphatic hydroxyl groups excluding tert-OH is 1. The average molecular weight is 378 g/mol. The fourth-order valence-corrected chi connectivity index (χ4v) is 1.85. The molecule has 104 valence electrons. The van der Waals surface area contributed by atoms with E-state index in [1.165, 1.54) is 18.2 Å². The third kappa shape index (κ3) is 3.87. The lowest BCUT2D eigenvalue weighted by Crippen LogP contribution is -2.51. The molecule has 0 aliphatic rings. The molecule has 1 aromatic rings. The van der Waals surface area contributed by atoms with Gasteiger partial charge in [0.15, 0.2) is 0 Å². The van der Waals surface area contributed by atoms with Gasteiger partial charge in [-0.3, -0.25) is 14.9 Å². The van der Waals surface area contributed by atoms with E-state index in [1.807, 2.05) is 22.6 Å². The minimum atomic E-state index is -0.815. The van der Waals surface area contributed by atoms with Crippen LogP contribution < -0.4 is 5.32 Å². The molecule has 1 unspecified atom stereocenters. The highest BCUT2D eigenvalue weighted by atomic mass is 127. The van der Waals surface area contributed by atoms with Crippen LogP contribution >= 0.6 is 22.6 Å². The van der Waals surface area contributed by atoms with Crippen molar-refractivity contribution in [2.45, 2.75) is 32.4 Å². The van der Waals surface area contributed by atoms with Crippen LogP contribution in [-0.2, 0) is 0 Å². The summed E-state index contributed by atoms with van der Waals surface area (Å²) in [5, 5.41) is 22.9. The van der Waals surface area contributed by atoms with Crippen molar-refractivity contribution in [3.05, 3.63) is 37.4 Å². The first-order chi connectivity index (χ1) is 8.65. The molecule has 0 radical (unpaired) electrons. The zero-order chi connectivity index (χ0) is 14.8. The third-order valence-corrected chi connectivity index (χ3v) is 3.83. The van der Waals surface area contributed by atoms with Crippen molar-refractivity contribution in [2.24, 2.45) is 0 Å². The molecular weight excluding hydrogens is 363 g/mol. The van der Waals surface area contributed by atoms with E-state index < -0.39 is 22.5 Å². The number of aliphatic hydroxyl groups is 1. The van der Waals surface area contributed by atoms with E-state index in [2.05, 4.69) is 5.32 Å². The van der Waals surface area contributed by atoms with Gasteiger partial charge < -0.3 is 10.4 Å². The van der Waals surface area contributed by atoms with Crippen LogP contribution in [0.1, 0.15) is 31.1 Å². The quantitative estimate of drug-likeness (QED) is 0.477. The molecule has 0 aliphatic carbocycles. The van der Waals surface area contributed by atoms with Crippen LogP contribution in [0.25, 0.3) is 0 Å². The Morgan fingerprint density at radius 1 is 1.53 bits per heavy atom. The van der Waals surface area contributed by atoms with E-state index in [0.29, 0.717) is 3.57 Å². The van der Waals surface area contributed by atoms with Gasteiger partial charge in [0, 0.05) is 15.7 Å². The number of halogens is 1. The lowest BCUT2D eigenvalue weighted by atomic mass is 9.98. The third-order valence-electron chi connectivity index (χ3n) is 2.89. The van der Waals surface area contributed by atoms with Crippen LogP contribution in [0.2, 0.25) is 0 Å². The summed E-state index contributed by atoms with van der Waals surface area (Å²) in [4.78, 5) is 22.3. The Kier molecular flexibility index (Phi) is 4.86. The number of amides is 1. The molecule has 0 fully saturated rings. The minimum Gasteiger partial charge on any atom is -0.391 e. The summed E-state index contributed by atoms with van der Waals surface area (Å²) < 4.78 is 0.613. The molecule has 2 N–H and O–H groups in total. The summed E-state index contributed by atoms with van der Waals surface area (Å²) in [6.07, 6.45) is -0.743. The number of benzene rings is 1. The molecule has 7 heteroatoms. The maximum Gasteiger partial charge on any atom is 0.270 e. The van der Waals surface area contributed by atoms with Gasteiger partial charge in [-0.05, 0) is 49.4 Å². The summed E-state index contributed by atoms with van der Waals surface area (Å²) >= 11 is 1.94. The van der Waals surface area contributed by atoms with Crippen molar-refractivity contribution in [3.8, 4) is 0 Å². The molecule has 0 aromatic heterocycles. The Balaban J connectivity index is 3.06. The van der Waals surface area contributed by atoms with Gasteiger partial charge in [-0.1, -0.05) is 0 Å². The number of hydrogen-bond donors (Lipinski definition) is 2. The molecule has 0 spiro atoms. The van der Waals surface area contributed by atoms with Gasteiger partial charge in [0.1, 0.15) is 0 Å². The van der Waals surface area contributed by atoms with Gasteiger partial charge in [-0.15, -0.1) is 0 Å². The molecule has 0 bridgehead atoms. The second-order valence-electron chi connectivity index (χ2n) is 4.77. The van der Waals surface area contributed by atoms with Gasteiger partial charge in [-0.2, -0.15) is 0 Å². The molecule has 0 heterocycles. The summed E-state index contributed by atoms with van der Waals surface area (Å²) in [5.41, 5.74) is -0.728. The first kappa shape index (κ1) is 15.8. The summed E-state index contributed by atoms with van der Waals surface area (Å²) in [6.45, 7) is 4.93. The van der Waals surface area contributed by atoms with Crippen LogP contribution in [-0.4, -0.2) is 27.6 Å². The smallest absolute Gasteiger partial charge is 0.270 e. The zero-order valence-electron chi connectivity index (χ0n) is 10.8. The SMILES string of the molecule is CC(O)C(C)(C)NC(=O)c1cc([N+](=O)[O-])ccc1I. The Bertz CT molecular complexity index is 514. The summed E-state index contributed by atoms with van der Waals surface area (Å²) in [7, 11) is 0. The Hall–Kier alpha value is -1.22. The number of nitro groups is 1. The maximum absolute atomic E-state index is 12.1. The number of non-ortho nitro benzene ring substituents is 1. The topological polar surface area (TPSA) is 92.5 Å². The van der Waals surface area contributed by atoms with E-state index in [4.69, 9.17) is 0 Å². The molecule has 6 nitrogen and oxygen atoms in total. The predicted molar refractivity (Wildman–Crippen MR) is 79.0 cm³/mol. The number of nitrogens with zero attached hydrogens (tertiary/aromatic N) is 1. The lowest BCUT2D eigenvalue weighted by Gasteiger charge is -2.29. The van der Waals surface area contributed by atoms with E-state index in [1.54, 1.807) is 20.8 Å². The molecule has 0 aliphatic heterocycles. The van der Waals surface area contributed by atoms with Crippen LogP contribution in [0.15, 0.2) is 18.2 Å². The first-order valence-electron chi connectivity index (χ1n) is 5.59. The van der Waals surface area contributed by atoms with Gasteiger partial charge in [0.05, 0.1) is 22.1 Å². The fraction of sp³-hybridized carbons (Fsp3) is 0.417. The second kappa shape index (κ2) is 5.83. The number of hydrogen-bond acceptors (Lipinski definition) is 4. The van der Waals surface area contributed by atoms with Crippen LogP contribution in [0.4, 0.5) is 5.69 Å². The number of nitrogens with one attached hydrogen (secondary N) is 1. The normalized spacial score (nSPS) is 12.9. The fourth-order valence-electron chi connectivity index (χ4n) is 1.27. The largest absolute Gasteiger partial charge is 0.391 e. The van der Waals surface area contributed by atoms with E-state index in [-0.39, 0.29) is 11.3 Å². The van der Waals surface area contributed by atoms with Crippen LogP contribution in [0.3, 0.4) is 0 Å². The van der Waals surface area contributed by atoms with Crippen molar-refractivity contribution in [1.82, 2.24) is 5.32 Å². The highest BCUT2D eigenvalue weighted by Crippen LogP contribution is 2.20. The summed E-state index contributed by atoms with van der Waals surface area (Å²) in [6, 6.07) is 4.09. The van der Waals surface area contributed by atoms with Gasteiger partial charge in [0.25, 0.3) is 11.6 Å². The number of carbonyl (C=O) groups excluding carboxylic acids is 1. The van der Waals surface area contributed by atoms with Crippen molar-refractivity contribution in [2.75, 3.05) is 0 Å². The molecule has 1 amide bonds. The Labute approximate surface area is 124 Å². The summed E-state index contributed by atoms with van der Waals surface area (Å²) in [5.74, 6) is -0.445. The highest BCUT2D eigenvalue weighted by molar-refractivity contribution is 14.1. The molecular formula is C12H15IN2O4. The van der Waals surface area contributed by atoms with Gasteiger partial charge in [-0.25, -0.2) is 0 Å². The standard InChI is InChI=1S/C12H15IN2O4/c1-7(16)12(2,3)14-11(17)9-6-8(15(18)19)4-5-10(9)13/h4-7,16H,1-3H3,(H,14,17). The van der Waals surface area contributed by atoms with Crippen molar-refractivity contribution < 1.29 is 14.8 Å². The highest BCUT2D eigenvalue weighted by Gasteiger charge is 2.27.